The van der Waals surface area contributed by atoms with Crippen LogP contribution in [-0.2, 0) is 35.9 Å². The standard InChI is InChI=1S/C29H24N4O14S2/c1-46-28(36)20-14-18(30-48(42,43)24-9-5-3-7-22(24)32(38)39)12-16(26(20)34)11-17-13-19(15-21(27(17)35)29(37)47-2)31-49(44,45)25-10-6-4-8-23(25)33(40)41/h3-10,12-15,30-31,34-35H,11H2,1-2H3. The lowest BCUT2D eigenvalue weighted by atomic mass is 9.97. The third kappa shape index (κ3) is 7.49. The molecule has 4 rings (SSSR count). The average molecular weight is 717 g/mol. The van der Waals surface area contributed by atoms with Crippen LogP contribution in [0.4, 0.5) is 22.7 Å². The van der Waals surface area contributed by atoms with Gasteiger partial charge in [-0.05, 0) is 36.4 Å². The first kappa shape index (κ1) is 35.6. The van der Waals surface area contributed by atoms with Crippen LogP contribution in [0.2, 0.25) is 0 Å². The van der Waals surface area contributed by atoms with Crippen molar-refractivity contribution in [2.24, 2.45) is 0 Å². The van der Waals surface area contributed by atoms with E-state index in [1.807, 2.05) is 0 Å². The molecule has 256 valence electrons. The number of ether oxygens (including phenoxy) is 2. The van der Waals surface area contributed by atoms with Gasteiger partial charge in [0.15, 0.2) is 9.79 Å². The molecule has 0 aliphatic heterocycles. The van der Waals surface area contributed by atoms with Gasteiger partial charge in [-0.15, -0.1) is 0 Å². The summed E-state index contributed by atoms with van der Waals surface area (Å²) >= 11 is 0. The summed E-state index contributed by atoms with van der Waals surface area (Å²) in [7, 11) is -7.46. The van der Waals surface area contributed by atoms with E-state index in [0.717, 1.165) is 62.8 Å². The van der Waals surface area contributed by atoms with Crippen LogP contribution >= 0.6 is 0 Å². The molecule has 0 heterocycles. The zero-order valence-corrected chi connectivity index (χ0v) is 26.8. The molecule has 0 bridgehead atoms. The second kappa shape index (κ2) is 13.8. The average Bonchev–Trinajstić information content (AvgIpc) is 3.06. The predicted molar refractivity (Wildman–Crippen MR) is 170 cm³/mol. The lowest BCUT2D eigenvalue weighted by molar-refractivity contribution is -0.388. The van der Waals surface area contributed by atoms with E-state index in [1.165, 1.54) is 24.3 Å². The number of esters is 2. The largest absolute Gasteiger partial charge is 0.507 e. The van der Waals surface area contributed by atoms with Crippen LogP contribution in [-0.4, -0.2) is 63.1 Å². The first-order valence-corrected chi connectivity index (χ1v) is 16.4. The molecule has 0 atom stereocenters. The molecule has 49 heavy (non-hydrogen) atoms. The first-order chi connectivity index (χ1) is 23.0. The Bertz CT molecular complexity index is 2080. The number of para-hydroxylation sites is 2. The van der Waals surface area contributed by atoms with E-state index < -0.39 is 103 Å². The molecule has 4 N–H and O–H groups in total. The van der Waals surface area contributed by atoms with E-state index in [0.29, 0.717) is 0 Å². The highest BCUT2D eigenvalue weighted by Gasteiger charge is 2.29. The summed E-state index contributed by atoms with van der Waals surface area (Å²) in [5.74, 6) is -3.83. The maximum Gasteiger partial charge on any atom is 0.341 e. The van der Waals surface area contributed by atoms with Crippen LogP contribution in [0.3, 0.4) is 0 Å². The smallest absolute Gasteiger partial charge is 0.341 e. The molecule has 0 saturated heterocycles. The number of hydrogen-bond donors (Lipinski definition) is 4. The lowest BCUT2D eigenvalue weighted by Crippen LogP contribution is -2.16. The molecule has 20 heteroatoms. The molecular formula is C29H24N4O14S2. The first-order valence-electron chi connectivity index (χ1n) is 13.4. The van der Waals surface area contributed by atoms with Crippen molar-refractivity contribution in [1.82, 2.24) is 0 Å². The van der Waals surface area contributed by atoms with Gasteiger partial charge in [0.2, 0.25) is 0 Å². The summed E-state index contributed by atoms with van der Waals surface area (Å²) in [6.45, 7) is 0. The minimum absolute atomic E-state index is 0.284. The number of sulfonamides is 2. The van der Waals surface area contributed by atoms with Crippen molar-refractivity contribution < 1.29 is 56.0 Å². The number of hydrogen-bond acceptors (Lipinski definition) is 14. The summed E-state index contributed by atoms with van der Waals surface area (Å²) in [4.78, 5) is 44.7. The van der Waals surface area contributed by atoms with E-state index in [4.69, 9.17) is 0 Å². The topological polar surface area (TPSA) is 272 Å². The number of benzene rings is 4. The predicted octanol–water partition coefficient (Wildman–Crippen LogP) is 3.68. The van der Waals surface area contributed by atoms with Crippen molar-refractivity contribution in [3.8, 4) is 11.5 Å². The number of carbonyl (C=O) groups is 2. The van der Waals surface area contributed by atoms with Gasteiger partial charge in [-0.3, -0.25) is 29.7 Å². The second-order valence-electron chi connectivity index (χ2n) is 9.88. The highest BCUT2D eigenvalue weighted by Crippen LogP contribution is 2.37. The Kier molecular flexibility index (Phi) is 10.0. The van der Waals surface area contributed by atoms with Crippen LogP contribution < -0.4 is 9.44 Å². The van der Waals surface area contributed by atoms with E-state index in [9.17, 15) is 56.9 Å². The summed E-state index contributed by atoms with van der Waals surface area (Å²) in [6.07, 6.45) is -0.617. The minimum Gasteiger partial charge on any atom is -0.507 e. The zero-order valence-electron chi connectivity index (χ0n) is 25.1. The van der Waals surface area contributed by atoms with Gasteiger partial charge in [0.25, 0.3) is 31.4 Å². The number of phenolic OH excluding ortho intramolecular Hbond substituents is 2. The highest BCUT2D eigenvalue weighted by molar-refractivity contribution is 7.93. The van der Waals surface area contributed by atoms with Crippen LogP contribution in [0.5, 0.6) is 11.5 Å². The molecule has 0 amide bonds. The molecule has 4 aromatic carbocycles. The van der Waals surface area contributed by atoms with E-state index in [1.54, 1.807) is 0 Å². The van der Waals surface area contributed by atoms with Crippen molar-refractivity contribution in [3.05, 3.63) is 115 Å². The van der Waals surface area contributed by atoms with Crippen molar-refractivity contribution >= 4 is 54.7 Å². The van der Waals surface area contributed by atoms with Gasteiger partial charge in [-0.25, -0.2) is 26.4 Å². The Balaban J connectivity index is 1.85. The number of rotatable bonds is 12. The number of phenols is 2. The number of nitro benzene ring substituents is 2. The van der Waals surface area contributed by atoms with E-state index >= 15 is 0 Å². The number of anilines is 2. The Morgan fingerprint density at radius 3 is 1.35 bits per heavy atom. The SMILES string of the molecule is COC(=O)c1cc(NS(=O)(=O)c2ccccc2[N+](=O)[O-])cc(Cc2cc(NS(=O)(=O)c3ccccc3[N+](=O)[O-])cc(C(=O)OC)c2O)c1O. The van der Waals surface area contributed by atoms with E-state index in [-0.39, 0.29) is 11.1 Å². The van der Waals surface area contributed by atoms with Gasteiger partial charge in [-0.2, -0.15) is 0 Å². The number of nitrogens with zero attached hydrogens (tertiary/aromatic N) is 2. The molecule has 0 saturated carbocycles. The molecule has 0 aliphatic carbocycles. The molecule has 0 radical (unpaired) electrons. The molecular weight excluding hydrogens is 692 g/mol. The summed E-state index contributed by atoms with van der Waals surface area (Å²) in [5, 5.41) is 44.9. The monoisotopic (exact) mass is 716 g/mol. The number of methoxy groups -OCH3 is 2. The van der Waals surface area contributed by atoms with Gasteiger partial charge < -0.3 is 19.7 Å². The highest BCUT2D eigenvalue weighted by atomic mass is 32.2. The van der Waals surface area contributed by atoms with Gasteiger partial charge in [0.05, 0.1) is 35.4 Å². The summed E-state index contributed by atoms with van der Waals surface area (Å²) < 4.78 is 66.4. The zero-order chi connectivity index (χ0) is 36.3. The minimum atomic E-state index is -4.69. The van der Waals surface area contributed by atoms with Crippen molar-refractivity contribution in [1.29, 1.82) is 0 Å². The molecule has 0 unspecified atom stereocenters. The fourth-order valence-corrected chi connectivity index (χ4v) is 7.03. The Hall–Kier alpha value is -6.28. The number of carbonyl (C=O) groups excluding carboxylic acids is 2. The van der Waals surface area contributed by atoms with Crippen LogP contribution in [0, 0.1) is 20.2 Å². The Morgan fingerprint density at radius 2 is 1.02 bits per heavy atom. The van der Waals surface area contributed by atoms with Crippen LogP contribution in [0.25, 0.3) is 0 Å². The molecule has 0 aliphatic rings. The third-order valence-corrected chi connectivity index (χ3v) is 9.63. The second-order valence-corrected chi connectivity index (χ2v) is 13.2. The maximum atomic E-state index is 13.2. The third-order valence-electron chi connectivity index (χ3n) is 6.78. The lowest BCUT2D eigenvalue weighted by Gasteiger charge is -2.17. The molecule has 0 spiro atoms. The van der Waals surface area contributed by atoms with Gasteiger partial charge in [0.1, 0.15) is 22.6 Å². The van der Waals surface area contributed by atoms with Crippen molar-refractivity contribution in [2.45, 2.75) is 16.2 Å². The van der Waals surface area contributed by atoms with E-state index in [2.05, 4.69) is 18.9 Å². The number of nitrogens with one attached hydrogen (secondary N) is 2. The van der Waals surface area contributed by atoms with Crippen LogP contribution in [0.1, 0.15) is 31.8 Å². The summed E-state index contributed by atoms with van der Waals surface area (Å²) in [6, 6.07) is 12.6. The number of nitro groups is 2. The van der Waals surface area contributed by atoms with Gasteiger partial charge >= 0.3 is 11.9 Å². The molecule has 0 fully saturated rings. The Morgan fingerprint density at radius 1 is 0.673 bits per heavy atom. The fraction of sp³-hybridized carbons (Fsp3) is 0.103. The fourth-order valence-electron chi connectivity index (χ4n) is 4.60. The molecule has 4 aromatic rings. The normalized spacial score (nSPS) is 11.3. The Labute approximate surface area is 276 Å². The number of aromatic hydroxyl groups is 2. The molecule has 0 aromatic heterocycles. The van der Waals surface area contributed by atoms with Crippen molar-refractivity contribution in [3.63, 3.8) is 0 Å². The maximum absolute atomic E-state index is 13.2. The van der Waals surface area contributed by atoms with Gasteiger partial charge in [0, 0.05) is 29.7 Å². The summed E-state index contributed by atoms with van der Waals surface area (Å²) in [5.41, 5.74) is -4.05. The van der Waals surface area contributed by atoms with Gasteiger partial charge in [-0.1, -0.05) is 24.3 Å². The van der Waals surface area contributed by atoms with Crippen LogP contribution in [0.15, 0.2) is 82.6 Å². The quantitative estimate of drug-likeness (QED) is 0.0705. The molecule has 18 nitrogen and oxygen atoms in total. The van der Waals surface area contributed by atoms with Crippen molar-refractivity contribution in [2.75, 3.05) is 23.7 Å².